The van der Waals surface area contributed by atoms with Crippen molar-refractivity contribution in [3.63, 3.8) is 0 Å². The molecule has 6 nitrogen and oxygen atoms in total. The topological polar surface area (TPSA) is 88.2 Å². The van der Waals surface area contributed by atoms with Crippen LogP contribution >= 0.6 is 11.3 Å². The second kappa shape index (κ2) is 5.69. The standard InChI is InChI=1S/C14H15N3O3S2/c1-9-2-6-11(7-3-9)22(19,20)17-14-16-12(8-21-14)13(18)15-10-4-5-10/h2-3,6-8,10H,4-5H2,1H3,(H,15,18)(H,16,17). The highest BCUT2D eigenvalue weighted by Gasteiger charge is 2.25. The van der Waals surface area contributed by atoms with Crippen molar-refractivity contribution in [3.05, 3.63) is 40.9 Å². The van der Waals surface area contributed by atoms with E-state index in [1.165, 1.54) is 12.1 Å². The lowest BCUT2D eigenvalue weighted by molar-refractivity contribution is 0.0947. The molecule has 0 bridgehead atoms. The number of nitrogens with one attached hydrogen (secondary N) is 2. The lowest BCUT2D eigenvalue weighted by Crippen LogP contribution is -2.25. The van der Waals surface area contributed by atoms with E-state index in [-0.39, 0.29) is 27.7 Å². The third kappa shape index (κ3) is 3.45. The van der Waals surface area contributed by atoms with E-state index in [1.54, 1.807) is 17.5 Å². The minimum atomic E-state index is -3.69. The number of anilines is 1. The highest BCUT2D eigenvalue weighted by atomic mass is 32.2. The number of nitrogens with zero attached hydrogens (tertiary/aromatic N) is 1. The van der Waals surface area contributed by atoms with Crippen LogP contribution in [0.4, 0.5) is 5.13 Å². The van der Waals surface area contributed by atoms with Crippen LogP contribution in [-0.4, -0.2) is 25.4 Å². The first kappa shape index (κ1) is 15.0. The Morgan fingerprint density at radius 2 is 1.95 bits per heavy atom. The summed E-state index contributed by atoms with van der Waals surface area (Å²) in [7, 11) is -3.69. The zero-order valence-electron chi connectivity index (χ0n) is 11.9. The average Bonchev–Trinajstić information content (AvgIpc) is 3.15. The van der Waals surface area contributed by atoms with Gasteiger partial charge in [-0.25, -0.2) is 13.4 Å². The van der Waals surface area contributed by atoms with Gasteiger partial charge in [-0.05, 0) is 31.9 Å². The molecule has 0 aliphatic heterocycles. The highest BCUT2D eigenvalue weighted by molar-refractivity contribution is 7.93. The molecular formula is C14H15N3O3S2. The summed E-state index contributed by atoms with van der Waals surface area (Å²) in [5.41, 5.74) is 1.21. The van der Waals surface area contributed by atoms with Crippen molar-refractivity contribution in [2.75, 3.05) is 4.72 Å². The molecule has 1 heterocycles. The molecule has 1 aliphatic carbocycles. The number of thiazole rings is 1. The molecule has 3 rings (SSSR count). The van der Waals surface area contributed by atoms with Crippen molar-refractivity contribution in [2.45, 2.75) is 30.7 Å². The SMILES string of the molecule is Cc1ccc(S(=O)(=O)Nc2nc(C(=O)NC3CC3)cs2)cc1. The summed E-state index contributed by atoms with van der Waals surface area (Å²) >= 11 is 1.09. The Bertz CT molecular complexity index is 793. The van der Waals surface area contributed by atoms with Gasteiger partial charge in [0.15, 0.2) is 5.13 Å². The summed E-state index contributed by atoms with van der Waals surface area (Å²) in [4.78, 5) is 16.0. The molecule has 1 amide bonds. The van der Waals surface area contributed by atoms with Gasteiger partial charge in [0, 0.05) is 11.4 Å². The number of hydrogen-bond donors (Lipinski definition) is 2. The fourth-order valence-corrected chi connectivity index (χ4v) is 3.75. The third-order valence-corrected chi connectivity index (χ3v) is 5.44. The Hall–Kier alpha value is -1.93. The zero-order chi connectivity index (χ0) is 15.7. The van der Waals surface area contributed by atoms with Crippen LogP contribution in [0.1, 0.15) is 28.9 Å². The Kier molecular flexibility index (Phi) is 3.88. The molecule has 1 saturated carbocycles. The van der Waals surface area contributed by atoms with Gasteiger partial charge in [-0.2, -0.15) is 0 Å². The summed E-state index contributed by atoms with van der Waals surface area (Å²) < 4.78 is 26.9. The van der Waals surface area contributed by atoms with Crippen molar-refractivity contribution in [2.24, 2.45) is 0 Å². The van der Waals surface area contributed by atoms with Crippen LogP contribution in [0.15, 0.2) is 34.5 Å². The van der Waals surface area contributed by atoms with Crippen molar-refractivity contribution in [1.82, 2.24) is 10.3 Å². The number of aryl methyl sites for hydroxylation is 1. The van der Waals surface area contributed by atoms with E-state index in [0.29, 0.717) is 0 Å². The summed E-state index contributed by atoms with van der Waals surface area (Å²) in [5.74, 6) is -0.264. The van der Waals surface area contributed by atoms with E-state index in [0.717, 1.165) is 29.7 Å². The van der Waals surface area contributed by atoms with Gasteiger partial charge in [0.1, 0.15) is 5.69 Å². The molecule has 0 radical (unpaired) electrons. The van der Waals surface area contributed by atoms with Gasteiger partial charge < -0.3 is 5.32 Å². The minimum absolute atomic E-state index is 0.164. The van der Waals surface area contributed by atoms with Crippen LogP contribution in [-0.2, 0) is 10.0 Å². The molecule has 2 N–H and O–H groups in total. The van der Waals surface area contributed by atoms with E-state index in [9.17, 15) is 13.2 Å². The van der Waals surface area contributed by atoms with Gasteiger partial charge in [-0.1, -0.05) is 17.7 Å². The van der Waals surface area contributed by atoms with E-state index in [4.69, 9.17) is 0 Å². The average molecular weight is 337 g/mol. The van der Waals surface area contributed by atoms with Gasteiger partial charge in [-0.3, -0.25) is 9.52 Å². The van der Waals surface area contributed by atoms with Crippen LogP contribution in [0.5, 0.6) is 0 Å². The molecule has 1 fully saturated rings. The third-order valence-electron chi connectivity index (χ3n) is 3.20. The van der Waals surface area contributed by atoms with Crippen LogP contribution < -0.4 is 10.0 Å². The number of aromatic nitrogens is 1. The first-order valence-corrected chi connectivity index (χ1v) is 9.16. The monoisotopic (exact) mass is 337 g/mol. The van der Waals surface area contributed by atoms with Crippen LogP contribution in [0.3, 0.4) is 0 Å². The van der Waals surface area contributed by atoms with E-state index < -0.39 is 10.0 Å². The normalized spacial score (nSPS) is 14.6. The maximum atomic E-state index is 12.2. The second-order valence-electron chi connectivity index (χ2n) is 5.20. The Morgan fingerprint density at radius 1 is 1.27 bits per heavy atom. The van der Waals surface area contributed by atoms with Crippen molar-refractivity contribution in [1.29, 1.82) is 0 Å². The minimum Gasteiger partial charge on any atom is -0.348 e. The lowest BCUT2D eigenvalue weighted by atomic mass is 10.2. The van der Waals surface area contributed by atoms with Gasteiger partial charge in [0.05, 0.1) is 4.90 Å². The molecule has 2 aromatic rings. The van der Waals surface area contributed by atoms with Gasteiger partial charge >= 0.3 is 0 Å². The fourth-order valence-electron chi connectivity index (χ4n) is 1.80. The second-order valence-corrected chi connectivity index (χ2v) is 7.74. The quantitative estimate of drug-likeness (QED) is 0.875. The molecule has 8 heteroatoms. The molecule has 22 heavy (non-hydrogen) atoms. The largest absolute Gasteiger partial charge is 0.348 e. The Balaban J connectivity index is 1.73. The van der Waals surface area contributed by atoms with Crippen molar-refractivity contribution in [3.8, 4) is 0 Å². The number of benzene rings is 1. The molecule has 1 aliphatic rings. The predicted octanol–water partition coefficient (Wildman–Crippen LogP) is 2.14. The molecule has 0 atom stereocenters. The predicted molar refractivity (Wildman–Crippen MR) is 84.6 cm³/mol. The highest BCUT2D eigenvalue weighted by Crippen LogP contribution is 2.22. The number of sulfonamides is 1. The summed E-state index contributed by atoms with van der Waals surface area (Å²) in [5, 5.41) is 4.54. The molecule has 0 saturated heterocycles. The Labute approximate surface area is 132 Å². The number of carbonyl (C=O) groups excluding carboxylic acids is 1. The zero-order valence-corrected chi connectivity index (χ0v) is 13.5. The van der Waals surface area contributed by atoms with E-state index in [1.807, 2.05) is 6.92 Å². The molecule has 0 spiro atoms. The number of hydrogen-bond acceptors (Lipinski definition) is 5. The van der Waals surface area contributed by atoms with Crippen molar-refractivity contribution >= 4 is 32.4 Å². The maximum Gasteiger partial charge on any atom is 0.271 e. The number of amides is 1. The number of carbonyl (C=O) groups is 1. The molecule has 1 aromatic heterocycles. The summed E-state index contributed by atoms with van der Waals surface area (Å²) in [6.07, 6.45) is 1.98. The molecule has 116 valence electrons. The fraction of sp³-hybridized carbons (Fsp3) is 0.286. The van der Waals surface area contributed by atoms with Crippen LogP contribution in [0, 0.1) is 6.92 Å². The van der Waals surface area contributed by atoms with Gasteiger partial charge in [0.2, 0.25) is 0 Å². The molecular weight excluding hydrogens is 322 g/mol. The number of rotatable bonds is 5. The first-order chi connectivity index (χ1) is 10.4. The van der Waals surface area contributed by atoms with Gasteiger partial charge in [0.25, 0.3) is 15.9 Å². The molecule has 0 unspecified atom stereocenters. The lowest BCUT2D eigenvalue weighted by Gasteiger charge is -2.05. The Morgan fingerprint density at radius 3 is 2.59 bits per heavy atom. The summed E-state index contributed by atoms with van der Waals surface area (Å²) in [6, 6.07) is 6.76. The van der Waals surface area contributed by atoms with E-state index in [2.05, 4.69) is 15.0 Å². The smallest absolute Gasteiger partial charge is 0.271 e. The van der Waals surface area contributed by atoms with Crippen LogP contribution in [0.2, 0.25) is 0 Å². The molecule has 1 aromatic carbocycles. The summed E-state index contributed by atoms with van der Waals surface area (Å²) in [6.45, 7) is 1.88. The van der Waals surface area contributed by atoms with E-state index >= 15 is 0 Å². The maximum absolute atomic E-state index is 12.2. The van der Waals surface area contributed by atoms with Gasteiger partial charge in [-0.15, -0.1) is 11.3 Å². The van der Waals surface area contributed by atoms with Crippen molar-refractivity contribution < 1.29 is 13.2 Å². The first-order valence-electron chi connectivity index (χ1n) is 6.80. The van der Waals surface area contributed by atoms with Crippen LogP contribution in [0.25, 0.3) is 0 Å².